The normalized spacial score (nSPS) is 32.4. The largest absolute Gasteiger partial charge is 0.501 e. The molecule has 0 aromatic carbocycles. The number of ketones is 1. The van der Waals surface area contributed by atoms with Crippen molar-refractivity contribution in [2.45, 2.75) is 13.8 Å². The highest BCUT2D eigenvalue weighted by Gasteiger charge is 2.39. The van der Waals surface area contributed by atoms with E-state index in [2.05, 4.69) is 0 Å². The van der Waals surface area contributed by atoms with Crippen LogP contribution in [0, 0.1) is 17.8 Å². The first-order valence-electron chi connectivity index (χ1n) is 4.51. The highest BCUT2D eigenvalue weighted by Crippen LogP contribution is 2.33. The Kier molecular flexibility index (Phi) is 2.93. The summed E-state index contributed by atoms with van der Waals surface area (Å²) in [5.41, 5.74) is 0. The molecule has 0 aromatic heterocycles. The molecule has 0 heterocycles. The molecule has 3 atom stereocenters. The molecule has 0 fully saturated rings. The predicted molar refractivity (Wildman–Crippen MR) is 49.6 cm³/mol. The van der Waals surface area contributed by atoms with Crippen molar-refractivity contribution in [3.05, 3.63) is 11.8 Å². The molecule has 3 unspecified atom stereocenters. The maximum Gasteiger partial charge on any atom is 0.307 e. The Morgan fingerprint density at radius 1 is 1.43 bits per heavy atom. The maximum atomic E-state index is 11.4. The zero-order valence-corrected chi connectivity index (χ0v) is 8.48. The standard InChI is InChI=1S/C10H14O4/c1-5-7(11)4-8(14-3)6(2)9(5)10(12)13/h4-6,9H,1-3H3,(H,12,13). The first-order valence-corrected chi connectivity index (χ1v) is 4.51. The number of ether oxygens (including phenoxy) is 1. The SMILES string of the molecule is COC1=CC(=O)C(C)C(C(=O)O)C1C. The van der Waals surface area contributed by atoms with E-state index in [0.29, 0.717) is 5.76 Å². The number of aliphatic carboxylic acids is 1. The van der Waals surface area contributed by atoms with Gasteiger partial charge in [-0.3, -0.25) is 9.59 Å². The fourth-order valence-corrected chi connectivity index (χ4v) is 1.86. The molecule has 14 heavy (non-hydrogen) atoms. The summed E-state index contributed by atoms with van der Waals surface area (Å²) >= 11 is 0. The van der Waals surface area contributed by atoms with Gasteiger partial charge in [0, 0.05) is 17.9 Å². The number of hydrogen-bond donors (Lipinski definition) is 1. The van der Waals surface area contributed by atoms with Crippen LogP contribution in [0.2, 0.25) is 0 Å². The van der Waals surface area contributed by atoms with Crippen molar-refractivity contribution in [1.29, 1.82) is 0 Å². The Labute approximate surface area is 82.6 Å². The van der Waals surface area contributed by atoms with Crippen LogP contribution in [0.1, 0.15) is 13.8 Å². The highest BCUT2D eigenvalue weighted by atomic mass is 16.5. The first kappa shape index (κ1) is 10.8. The summed E-state index contributed by atoms with van der Waals surface area (Å²) in [5, 5.41) is 8.98. The number of allylic oxidation sites excluding steroid dienone is 2. The molecular weight excluding hydrogens is 184 g/mol. The van der Waals surface area contributed by atoms with Gasteiger partial charge in [-0.1, -0.05) is 13.8 Å². The third-order valence-electron chi connectivity index (χ3n) is 2.78. The quantitative estimate of drug-likeness (QED) is 0.721. The summed E-state index contributed by atoms with van der Waals surface area (Å²) < 4.78 is 4.98. The second kappa shape index (κ2) is 3.82. The first-order chi connectivity index (χ1) is 6.49. The van der Waals surface area contributed by atoms with Crippen LogP contribution in [0.15, 0.2) is 11.8 Å². The molecule has 1 aliphatic rings. The van der Waals surface area contributed by atoms with Crippen molar-refractivity contribution >= 4 is 11.8 Å². The topological polar surface area (TPSA) is 63.6 Å². The van der Waals surface area contributed by atoms with Crippen LogP contribution in [0.3, 0.4) is 0 Å². The van der Waals surface area contributed by atoms with E-state index in [4.69, 9.17) is 9.84 Å². The molecule has 1 aliphatic carbocycles. The third-order valence-corrected chi connectivity index (χ3v) is 2.78. The Balaban J connectivity index is 3.05. The number of methoxy groups -OCH3 is 1. The Hall–Kier alpha value is -1.32. The van der Waals surface area contributed by atoms with E-state index < -0.39 is 17.8 Å². The smallest absolute Gasteiger partial charge is 0.307 e. The van der Waals surface area contributed by atoms with Crippen molar-refractivity contribution in [2.75, 3.05) is 7.11 Å². The van der Waals surface area contributed by atoms with Crippen LogP contribution >= 0.6 is 0 Å². The summed E-state index contributed by atoms with van der Waals surface area (Å²) in [4.78, 5) is 22.4. The highest BCUT2D eigenvalue weighted by molar-refractivity contribution is 5.96. The average molecular weight is 198 g/mol. The fourth-order valence-electron chi connectivity index (χ4n) is 1.86. The average Bonchev–Trinajstić information content (AvgIpc) is 2.11. The van der Waals surface area contributed by atoms with Gasteiger partial charge in [0.2, 0.25) is 0 Å². The molecule has 0 spiro atoms. The molecule has 4 heteroatoms. The van der Waals surface area contributed by atoms with Crippen molar-refractivity contribution in [2.24, 2.45) is 17.8 Å². The Bertz CT molecular complexity index is 292. The summed E-state index contributed by atoms with van der Waals surface area (Å²) in [6.07, 6.45) is 1.40. The number of carbonyl (C=O) groups is 2. The van der Waals surface area contributed by atoms with Gasteiger partial charge in [0.15, 0.2) is 5.78 Å². The van der Waals surface area contributed by atoms with E-state index in [-0.39, 0.29) is 11.7 Å². The van der Waals surface area contributed by atoms with E-state index in [0.717, 1.165) is 0 Å². The molecule has 1 rings (SSSR count). The third kappa shape index (κ3) is 1.64. The molecule has 0 bridgehead atoms. The summed E-state index contributed by atoms with van der Waals surface area (Å²) in [7, 11) is 1.45. The molecule has 0 saturated heterocycles. The second-order valence-electron chi connectivity index (χ2n) is 3.59. The molecule has 78 valence electrons. The zero-order valence-electron chi connectivity index (χ0n) is 8.48. The molecule has 0 aliphatic heterocycles. The molecule has 4 nitrogen and oxygen atoms in total. The fraction of sp³-hybridized carbons (Fsp3) is 0.600. The van der Waals surface area contributed by atoms with Gasteiger partial charge in [-0.25, -0.2) is 0 Å². The van der Waals surface area contributed by atoms with E-state index >= 15 is 0 Å². The minimum Gasteiger partial charge on any atom is -0.501 e. The summed E-state index contributed by atoms with van der Waals surface area (Å²) in [6, 6.07) is 0. The minimum absolute atomic E-state index is 0.174. The molecule has 0 aromatic rings. The summed E-state index contributed by atoms with van der Waals surface area (Å²) in [5.74, 6) is -2.05. The van der Waals surface area contributed by atoms with Gasteiger partial charge in [-0.2, -0.15) is 0 Å². The monoisotopic (exact) mass is 198 g/mol. The predicted octanol–water partition coefficient (Wildman–Crippen LogP) is 1.07. The van der Waals surface area contributed by atoms with Gasteiger partial charge in [0.05, 0.1) is 13.0 Å². The van der Waals surface area contributed by atoms with Crippen LogP contribution in [0.5, 0.6) is 0 Å². The van der Waals surface area contributed by atoms with Crippen LogP contribution in [0.4, 0.5) is 0 Å². The lowest BCUT2D eigenvalue weighted by molar-refractivity contribution is -0.148. The van der Waals surface area contributed by atoms with E-state index in [1.54, 1.807) is 13.8 Å². The van der Waals surface area contributed by atoms with Crippen LogP contribution in [-0.2, 0) is 14.3 Å². The van der Waals surface area contributed by atoms with Gasteiger partial charge < -0.3 is 9.84 Å². The molecule has 1 N–H and O–H groups in total. The number of hydrogen-bond acceptors (Lipinski definition) is 3. The van der Waals surface area contributed by atoms with Gasteiger partial charge in [-0.05, 0) is 0 Å². The lowest BCUT2D eigenvalue weighted by Crippen LogP contribution is -2.37. The van der Waals surface area contributed by atoms with Gasteiger partial charge in [0.25, 0.3) is 0 Å². The van der Waals surface area contributed by atoms with Gasteiger partial charge >= 0.3 is 5.97 Å². The van der Waals surface area contributed by atoms with Crippen molar-refractivity contribution in [3.8, 4) is 0 Å². The number of carboxylic acids is 1. The number of carbonyl (C=O) groups excluding carboxylic acids is 1. The Morgan fingerprint density at radius 3 is 2.43 bits per heavy atom. The lowest BCUT2D eigenvalue weighted by Gasteiger charge is -2.29. The second-order valence-corrected chi connectivity index (χ2v) is 3.59. The van der Waals surface area contributed by atoms with Crippen LogP contribution in [0.25, 0.3) is 0 Å². The Morgan fingerprint density at radius 2 is 2.00 bits per heavy atom. The van der Waals surface area contributed by atoms with E-state index in [1.165, 1.54) is 13.2 Å². The molecule has 0 saturated carbocycles. The summed E-state index contributed by atoms with van der Waals surface area (Å²) in [6.45, 7) is 3.40. The molecule has 0 amide bonds. The van der Waals surface area contributed by atoms with E-state index in [9.17, 15) is 9.59 Å². The maximum absolute atomic E-state index is 11.4. The van der Waals surface area contributed by atoms with Crippen molar-refractivity contribution in [1.82, 2.24) is 0 Å². The van der Waals surface area contributed by atoms with Crippen molar-refractivity contribution < 1.29 is 19.4 Å². The van der Waals surface area contributed by atoms with E-state index in [1.807, 2.05) is 0 Å². The van der Waals surface area contributed by atoms with Crippen molar-refractivity contribution in [3.63, 3.8) is 0 Å². The zero-order chi connectivity index (χ0) is 10.9. The van der Waals surface area contributed by atoms with Crippen LogP contribution in [-0.4, -0.2) is 24.0 Å². The minimum atomic E-state index is -0.944. The molecule has 0 radical (unpaired) electrons. The molecular formula is C10H14O4. The van der Waals surface area contributed by atoms with Crippen LogP contribution < -0.4 is 0 Å². The number of carboxylic acid groups (broad SMARTS) is 1. The lowest BCUT2D eigenvalue weighted by atomic mass is 9.76. The van der Waals surface area contributed by atoms with Gasteiger partial charge in [-0.15, -0.1) is 0 Å². The number of rotatable bonds is 2. The van der Waals surface area contributed by atoms with Gasteiger partial charge in [0.1, 0.15) is 5.76 Å².